The highest BCUT2D eigenvalue weighted by Gasteiger charge is 2.18. The fraction of sp³-hybridized carbons (Fsp3) is 0.483. The first kappa shape index (κ1) is 32.4. The minimum Gasteiger partial charge on any atom is -0.369 e. The molecule has 2 amide bonds. The van der Waals surface area contributed by atoms with Gasteiger partial charge in [-0.3, -0.25) is 14.4 Å². The van der Waals surface area contributed by atoms with Crippen LogP contribution in [0, 0.1) is 0 Å². The Bertz CT molecular complexity index is 1150. The fourth-order valence-electron chi connectivity index (χ4n) is 3.65. The Kier molecular flexibility index (Phi) is 13.2. The number of allylic oxidation sites excluding steroid dienone is 1. The number of ketones is 1. The van der Waals surface area contributed by atoms with Crippen molar-refractivity contribution in [2.24, 2.45) is 5.73 Å². The van der Waals surface area contributed by atoms with Crippen molar-refractivity contribution in [1.29, 1.82) is 0 Å². The second-order valence-corrected chi connectivity index (χ2v) is 10.5. The third-order valence-corrected chi connectivity index (χ3v) is 6.01. The van der Waals surface area contributed by atoms with Crippen molar-refractivity contribution < 1.29 is 14.4 Å². The summed E-state index contributed by atoms with van der Waals surface area (Å²) in [6.45, 7) is 8.76. The molecule has 0 radical (unpaired) electrons. The Morgan fingerprint density at radius 3 is 2.45 bits per heavy atom. The average Bonchev–Trinajstić information content (AvgIpc) is 2.90. The van der Waals surface area contributed by atoms with Crippen LogP contribution in [0.2, 0.25) is 0 Å². The van der Waals surface area contributed by atoms with Crippen LogP contribution in [0.4, 0.5) is 17.5 Å². The van der Waals surface area contributed by atoms with Crippen molar-refractivity contribution in [3.8, 4) is 0 Å². The van der Waals surface area contributed by atoms with Crippen LogP contribution in [0.1, 0.15) is 67.2 Å². The van der Waals surface area contributed by atoms with E-state index in [-0.39, 0.29) is 17.2 Å². The number of likely N-dealkylation sites (N-methyl/N-ethyl adjacent to an activating group) is 1. The van der Waals surface area contributed by atoms with Gasteiger partial charge >= 0.3 is 0 Å². The van der Waals surface area contributed by atoms with Crippen molar-refractivity contribution in [1.82, 2.24) is 25.5 Å². The van der Waals surface area contributed by atoms with Crippen LogP contribution in [0.3, 0.4) is 0 Å². The molecule has 40 heavy (non-hydrogen) atoms. The molecule has 2 aromatic rings. The van der Waals surface area contributed by atoms with Gasteiger partial charge < -0.3 is 31.9 Å². The van der Waals surface area contributed by atoms with E-state index < -0.39 is 5.91 Å². The van der Waals surface area contributed by atoms with Crippen molar-refractivity contribution in [3.63, 3.8) is 0 Å². The smallest absolute Gasteiger partial charge is 0.256 e. The largest absolute Gasteiger partial charge is 0.369 e. The van der Waals surface area contributed by atoms with E-state index in [1.807, 2.05) is 32.0 Å². The minimum atomic E-state index is -0.500. The van der Waals surface area contributed by atoms with Gasteiger partial charge in [-0.05, 0) is 84.1 Å². The van der Waals surface area contributed by atoms with Crippen molar-refractivity contribution in [2.45, 2.75) is 52.0 Å². The number of amides is 2. The molecule has 0 spiro atoms. The summed E-state index contributed by atoms with van der Waals surface area (Å²) in [5, 5.41) is 12.7. The van der Waals surface area contributed by atoms with Crippen LogP contribution < -0.4 is 27.0 Å². The molecule has 6 N–H and O–H groups in total. The van der Waals surface area contributed by atoms with Gasteiger partial charge in [0.15, 0.2) is 5.78 Å². The van der Waals surface area contributed by atoms with E-state index in [2.05, 4.69) is 45.1 Å². The molecule has 1 heterocycles. The molecule has 1 aromatic carbocycles. The van der Waals surface area contributed by atoms with Crippen LogP contribution in [-0.2, 0) is 4.79 Å². The maximum Gasteiger partial charge on any atom is 0.256 e. The Balaban J connectivity index is 1.85. The van der Waals surface area contributed by atoms with Crippen molar-refractivity contribution >= 4 is 35.1 Å². The second kappa shape index (κ2) is 16.3. The van der Waals surface area contributed by atoms with Crippen LogP contribution >= 0.6 is 0 Å². The van der Waals surface area contributed by atoms with Crippen molar-refractivity contribution in [3.05, 3.63) is 53.7 Å². The second-order valence-electron chi connectivity index (χ2n) is 10.5. The number of rotatable bonds is 18. The Hall–Kier alpha value is -3.83. The Morgan fingerprint density at radius 2 is 1.80 bits per heavy atom. The summed E-state index contributed by atoms with van der Waals surface area (Å²) in [5.41, 5.74) is 6.55. The lowest BCUT2D eigenvalue weighted by Crippen LogP contribution is -2.41. The molecule has 11 nitrogen and oxygen atoms in total. The molecule has 0 fully saturated rings. The number of benzene rings is 1. The summed E-state index contributed by atoms with van der Waals surface area (Å²) < 4.78 is 0. The highest BCUT2D eigenvalue weighted by atomic mass is 16.2. The molecule has 218 valence electrons. The van der Waals surface area contributed by atoms with Gasteiger partial charge in [-0.15, -0.1) is 0 Å². The van der Waals surface area contributed by atoms with E-state index >= 15 is 0 Å². The topological polar surface area (TPSA) is 154 Å². The first-order valence-corrected chi connectivity index (χ1v) is 13.7. The normalized spacial score (nSPS) is 11.6. The number of primary amides is 1. The summed E-state index contributed by atoms with van der Waals surface area (Å²) in [5.74, 6) is 0.125. The molecule has 0 saturated heterocycles. The number of carbonyl (C=O) groups excluding carboxylic acids is 3. The molecule has 0 atom stereocenters. The monoisotopic (exact) mass is 552 g/mol. The van der Waals surface area contributed by atoms with Gasteiger partial charge in [-0.2, -0.15) is 4.98 Å². The van der Waals surface area contributed by atoms with Gasteiger partial charge in [0, 0.05) is 49.0 Å². The predicted octanol–water partition coefficient (Wildman–Crippen LogP) is 3.10. The van der Waals surface area contributed by atoms with Crippen LogP contribution in [-0.4, -0.2) is 78.3 Å². The van der Waals surface area contributed by atoms with Crippen LogP contribution in [0.25, 0.3) is 0 Å². The van der Waals surface area contributed by atoms with E-state index in [1.165, 1.54) is 6.20 Å². The zero-order valence-electron chi connectivity index (χ0n) is 24.3. The van der Waals surface area contributed by atoms with Crippen LogP contribution in [0.15, 0.2) is 42.6 Å². The minimum absolute atomic E-state index is 0.126. The van der Waals surface area contributed by atoms with Gasteiger partial charge in [0.1, 0.15) is 11.4 Å². The first-order valence-electron chi connectivity index (χ1n) is 13.7. The summed E-state index contributed by atoms with van der Waals surface area (Å²) in [7, 11) is 3.93. The van der Waals surface area contributed by atoms with Crippen molar-refractivity contribution in [2.75, 3.05) is 50.9 Å². The average molecular weight is 553 g/mol. The highest BCUT2D eigenvalue weighted by molar-refractivity contribution is 5.98. The quantitative estimate of drug-likeness (QED) is 0.139. The molecule has 1 aromatic heterocycles. The van der Waals surface area contributed by atoms with E-state index in [1.54, 1.807) is 30.3 Å². The number of nitrogens with two attached hydrogens (primary N) is 1. The molecular formula is C29H44N8O3. The van der Waals surface area contributed by atoms with Gasteiger partial charge in [0.2, 0.25) is 11.9 Å². The van der Waals surface area contributed by atoms with Gasteiger partial charge in [0.05, 0.1) is 0 Å². The molecule has 2 rings (SSSR count). The maximum atomic E-state index is 12.9. The van der Waals surface area contributed by atoms with E-state index in [4.69, 9.17) is 5.73 Å². The van der Waals surface area contributed by atoms with Gasteiger partial charge in [-0.1, -0.05) is 13.0 Å². The molecule has 11 heteroatoms. The number of hydrogen-bond donors (Lipinski definition) is 5. The number of nitrogens with one attached hydrogen (secondary N) is 4. The first-order chi connectivity index (χ1) is 19.0. The molecule has 0 aliphatic rings. The lowest BCUT2D eigenvalue weighted by atomic mass is 9.96. The predicted molar refractivity (Wildman–Crippen MR) is 160 cm³/mol. The lowest BCUT2D eigenvalue weighted by molar-refractivity contribution is -0.115. The molecule has 0 saturated carbocycles. The third-order valence-electron chi connectivity index (χ3n) is 6.01. The van der Waals surface area contributed by atoms with Gasteiger partial charge in [-0.25, -0.2) is 4.98 Å². The summed E-state index contributed by atoms with van der Waals surface area (Å²) in [6, 6.07) is 6.65. The molecule has 0 aliphatic heterocycles. The lowest BCUT2D eigenvalue weighted by Gasteiger charge is -2.26. The number of hydrogen-bond acceptors (Lipinski definition) is 9. The standard InChI is InChI=1S/C29H44N8O3/c1-6-16-31-26-24(20-33-28(36-26)35-22-12-10-21(11-13-22)25(30)39)27(40)32-17-8-18-34-29(2,3)15-14-23(38)9-7-19-37(4)5/h7,9-13,20,34H,6,8,14-19H2,1-5H3,(H2,30,39)(H,32,40)(H2,31,33,35,36)/b9-7+. The van der Waals surface area contributed by atoms with Crippen LogP contribution in [0.5, 0.6) is 0 Å². The molecule has 0 bridgehead atoms. The summed E-state index contributed by atoms with van der Waals surface area (Å²) >= 11 is 0. The number of carbonyl (C=O) groups is 3. The number of nitrogens with zero attached hydrogens (tertiary/aromatic N) is 3. The summed E-state index contributed by atoms with van der Waals surface area (Å²) in [4.78, 5) is 47.1. The number of aromatic nitrogens is 2. The van der Waals surface area contributed by atoms with E-state index in [9.17, 15) is 14.4 Å². The molecule has 0 unspecified atom stereocenters. The molecule has 0 aliphatic carbocycles. The summed E-state index contributed by atoms with van der Waals surface area (Å²) in [6.07, 6.45) is 7.83. The number of anilines is 3. The van der Waals surface area contributed by atoms with E-state index in [0.717, 1.165) is 25.8 Å². The Labute approximate surface area is 237 Å². The zero-order chi connectivity index (χ0) is 29.5. The highest BCUT2D eigenvalue weighted by Crippen LogP contribution is 2.18. The van der Waals surface area contributed by atoms with Gasteiger partial charge in [0.25, 0.3) is 5.91 Å². The fourth-order valence-corrected chi connectivity index (χ4v) is 3.65. The Morgan fingerprint density at radius 1 is 1.07 bits per heavy atom. The molecular weight excluding hydrogens is 508 g/mol. The SMILES string of the molecule is CCCNc1nc(Nc2ccc(C(N)=O)cc2)ncc1C(=O)NCCCNC(C)(C)CCC(=O)/C=C/CN(C)C. The van der Waals surface area contributed by atoms with E-state index in [0.29, 0.717) is 54.6 Å². The maximum absolute atomic E-state index is 12.9. The zero-order valence-corrected chi connectivity index (χ0v) is 24.3. The third kappa shape index (κ3) is 11.9.